The zero-order chi connectivity index (χ0) is 25.9. The van der Waals surface area contributed by atoms with Gasteiger partial charge in [0, 0.05) is 24.5 Å². The monoisotopic (exact) mass is 510 g/mol. The Morgan fingerprint density at radius 3 is 2.05 bits per heavy atom. The lowest BCUT2D eigenvalue weighted by molar-refractivity contribution is 0.0520. The maximum absolute atomic E-state index is 12.8. The average Bonchev–Trinajstić information content (AvgIpc) is 3.42. The summed E-state index contributed by atoms with van der Waals surface area (Å²) in [5, 5.41) is 2.96. The van der Waals surface area contributed by atoms with Crippen LogP contribution in [0, 0.1) is 5.92 Å². The molecule has 196 valence electrons. The van der Waals surface area contributed by atoms with Crippen molar-refractivity contribution < 1.29 is 19.1 Å². The Bertz CT molecular complexity index is 1230. The molecule has 6 heteroatoms. The molecular formula is C32H34N2O4. The zero-order valence-corrected chi connectivity index (χ0v) is 21.6. The fourth-order valence-corrected chi connectivity index (χ4v) is 6.65. The molecule has 2 aliphatic heterocycles. The number of nitrogens with zero attached hydrogens (tertiary/aromatic N) is 1. The molecule has 1 aliphatic carbocycles. The first-order chi connectivity index (χ1) is 18.7. The molecule has 6 rings (SSSR count). The van der Waals surface area contributed by atoms with Gasteiger partial charge in [0.25, 0.3) is 0 Å². The molecule has 2 atom stereocenters. The Balaban J connectivity index is 0.952. The number of carbonyl (C=O) groups is 2. The van der Waals surface area contributed by atoms with E-state index >= 15 is 0 Å². The van der Waals surface area contributed by atoms with Crippen LogP contribution in [0.4, 0.5) is 9.59 Å². The van der Waals surface area contributed by atoms with E-state index in [2.05, 4.69) is 41.7 Å². The lowest BCUT2D eigenvalue weighted by Gasteiger charge is -2.38. The van der Waals surface area contributed by atoms with E-state index in [0.717, 1.165) is 37.7 Å². The van der Waals surface area contributed by atoms with Crippen LogP contribution in [0.2, 0.25) is 0 Å². The van der Waals surface area contributed by atoms with Gasteiger partial charge in [0.05, 0.1) is 0 Å². The van der Waals surface area contributed by atoms with E-state index in [1.165, 1.54) is 22.3 Å². The summed E-state index contributed by atoms with van der Waals surface area (Å²) in [5.74, 6) is 0.550. The van der Waals surface area contributed by atoms with Crippen molar-refractivity contribution in [2.45, 2.75) is 56.7 Å². The standard InChI is InChI=1S/C32H34N2O4/c35-31(37-21-30-28-12-6-4-10-26(28)27-11-5-7-13-29(27)30)33-17-16-23-18-24-14-15-25(19-23)34(24)32(36)38-20-22-8-2-1-3-9-22/h1-13,23-25,30H,14-21H2,(H,33,35). The van der Waals surface area contributed by atoms with Crippen LogP contribution in [0.25, 0.3) is 11.1 Å². The summed E-state index contributed by atoms with van der Waals surface area (Å²) in [6, 6.07) is 27.0. The third kappa shape index (κ3) is 5.00. The van der Waals surface area contributed by atoms with E-state index in [9.17, 15) is 9.59 Å². The van der Waals surface area contributed by atoms with Gasteiger partial charge in [-0.1, -0.05) is 78.9 Å². The highest BCUT2D eigenvalue weighted by Crippen LogP contribution is 2.44. The number of amides is 2. The van der Waals surface area contributed by atoms with Crippen LogP contribution in [0.3, 0.4) is 0 Å². The maximum atomic E-state index is 12.8. The predicted octanol–water partition coefficient (Wildman–Crippen LogP) is 6.50. The summed E-state index contributed by atoms with van der Waals surface area (Å²) in [6.07, 6.45) is 4.31. The molecule has 3 aliphatic rings. The third-order valence-corrected chi connectivity index (χ3v) is 8.41. The van der Waals surface area contributed by atoms with Crippen molar-refractivity contribution in [2.24, 2.45) is 5.92 Å². The number of rotatable bonds is 7. The molecule has 38 heavy (non-hydrogen) atoms. The van der Waals surface area contributed by atoms with Gasteiger partial charge in [-0.2, -0.15) is 0 Å². The number of fused-ring (bicyclic) bond motifs is 5. The SMILES string of the molecule is O=C(NCCC1CC2CCC(C1)N2C(=O)OCc1ccccc1)OCC1c2ccccc2-c2ccccc21. The third-order valence-electron chi connectivity index (χ3n) is 8.41. The highest BCUT2D eigenvalue weighted by Gasteiger charge is 2.43. The fourth-order valence-electron chi connectivity index (χ4n) is 6.65. The molecule has 1 N–H and O–H groups in total. The van der Waals surface area contributed by atoms with E-state index in [4.69, 9.17) is 9.47 Å². The number of benzene rings is 3. The summed E-state index contributed by atoms with van der Waals surface area (Å²) in [5.41, 5.74) is 5.88. The number of ether oxygens (including phenoxy) is 2. The van der Waals surface area contributed by atoms with E-state index in [0.29, 0.717) is 25.7 Å². The second-order valence-electron chi connectivity index (χ2n) is 10.7. The molecule has 2 bridgehead atoms. The number of piperidine rings is 1. The molecule has 6 nitrogen and oxygen atoms in total. The lowest BCUT2D eigenvalue weighted by atomic mass is 9.88. The van der Waals surface area contributed by atoms with Crippen molar-refractivity contribution in [3.05, 3.63) is 95.6 Å². The zero-order valence-electron chi connectivity index (χ0n) is 21.6. The van der Waals surface area contributed by atoms with Gasteiger partial charge >= 0.3 is 12.2 Å². The number of hydrogen-bond donors (Lipinski definition) is 1. The first-order valence-corrected chi connectivity index (χ1v) is 13.7. The van der Waals surface area contributed by atoms with Gasteiger partial charge in [0.15, 0.2) is 0 Å². The number of carbonyl (C=O) groups excluding carboxylic acids is 2. The van der Waals surface area contributed by atoms with Gasteiger partial charge in [-0.3, -0.25) is 0 Å². The van der Waals surface area contributed by atoms with Crippen molar-refractivity contribution >= 4 is 12.2 Å². The lowest BCUT2D eigenvalue weighted by Crippen LogP contribution is -2.47. The molecule has 3 aromatic rings. The topological polar surface area (TPSA) is 67.9 Å². The molecule has 0 aromatic heterocycles. The van der Waals surface area contributed by atoms with Crippen molar-refractivity contribution in [2.75, 3.05) is 13.2 Å². The smallest absolute Gasteiger partial charge is 0.410 e. The number of hydrogen-bond acceptors (Lipinski definition) is 4. The Hall–Kier alpha value is -3.80. The van der Waals surface area contributed by atoms with Crippen LogP contribution in [0.1, 0.15) is 54.7 Å². The van der Waals surface area contributed by atoms with E-state index in [1.807, 2.05) is 47.4 Å². The second kappa shape index (κ2) is 10.9. The van der Waals surface area contributed by atoms with Crippen LogP contribution in [0.15, 0.2) is 78.9 Å². The van der Waals surface area contributed by atoms with E-state index in [1.54, 1.807) is 0 Å². The number of nitrogens with one attached hydrogen (secondary N) is 1. The van der Waals surface area contributed by atoms with E-state index < -0.39 is 0 Å². The fraction of sp³-hybridized carbons (Fsp3) is 0.375. The quantitative estimate of drug-likeness (QED) is 0.394. The Labute approximate surface area is 223 Å². The average molecular weight is 511 g/mol. The van der Waals surface area contributed by atoms with Crippen LogP contribution in [-0.4, -0.2) is 42.3 Å². The molecule has 0 saturated carbocycles. The summed E-state index contributed by atoms with van der Waals surface area (Å²) < 4.78 is 11.3. The van der Waals surface area contributed by atoms with Gasteiger partial charge in [0.1, 0.15) is 13.2 Å². The molecular weight excluding hydrogens is 476 g/mol. The van der Waals surface area contributed by atoms with Crippen molar-refractivity contribution in [1.82, 2.24) is 10.2 Å². The van der Waals surface area contributed by atoms with Gasteiger partial charge in [-0.15, -0.1) is 0 Å². The molecule has 2 unspecified atom stereocenters. The molecule has 2 saturated heterocycles. The molecule has 0 radical (unpaired) electrons. The Morgan fingerprint density at radius 2 is 1.39 bits per heavy atom. The summed E-state index contributed by atoms with van der Waals surface area (Å²) in [4.78, 5) is 27.3. The van der Waals surface area contributed by atoms with Crippen LogP contribution >= 0.6 is 0 Å². The Morgan fingerprint density at radius 1 is 0.789 bits per heavy atom. The summed E-state index contributed by atoms with van der Waals surface area (Å²) in [6.45, 7) is 1.22. The van der Waals surface area contributed by atoms with Crippen molar-refractivity contribution in [3.63, 3.8) is 0 Å². The highest BCUT2D eigenvalue weighted by atomic mass is 16.6. The van der Waals surface area contributed by atoms with Crippen LogP contribution in [0.5, 0.6) is 0 Å². The van der Waals surface area contributed by atoms with Gasteiger partial charge in [-0.05, 0) is 65.8 Å². The van der Waals surface area contributed by atoms with Gasteiger partial charge in [0.2, 0.25) is 0 Å². The molecule has 2 amide bonds. The first-order valence-electron chi connectivity index (χ1n) is 13.7. The summed E-state index contributed by atoms with van der Waals surface area (Å²) >= 11 is 0. The van der Waals surface area contributed by atoms with Gasteiger partial charge in [-0.25, -0.2) is 9.59 Å². The van der Waals surface area contributed by atoms with Gasteiger partial charge < -0.3 is 19.7 Å². The van der Waals surface area contributed by atoms with Crippen molar-refractivity contribution in [3.8, 4) is 11.1 Å². The predicted molar refractivity (Wildman–Crippen MR) is 146 cm³/mol. The van der Waals surface area contributed by atoms with Crippen molar-refractivity contribution in [1.29, 1.82) is 0 Å². The van der Waals surface area contributed by atoms with E-state index in [-0.39, 0.29) is 30.2 Å². The molecule has 2 heterocycles. The minimum absolute atomic E-state index is 0.0646. The minimum Gasteiger partial charge on any atom is -0.449 e. The Kier molecular flexibility index (Phi) is 7.04. The normalized spacial score (nSPS) is 21.5. The second-order valence-corrected chi connectivity index (χ2v) is 10.7. The minimum atomic E-state index is -0.364. The first kappa shape index (κ1) is 24.5. The molecule has 0 spiro atoms. The molecule has 3 aromatic carbocycles. The van der Waals surface area contributed by atoms with Crippen LogP contribution in [-0.2, 0) is 16.1 Å². The maximum Gasteiger partial charge on any atom is 0.410 e. The largest absolute Gasteiger partial charge is 0.449 e. The highest BCUT2D eigenvalue weighted by molar-refractivity contribution is 5.79. The number of alkyl carbamates (subject to hydrolysis) is 1. The summed E-state index contributed by atoms with van der Waals surface area (Å²) in [7, 11) is 0. The molecule has 2 fully saturated rings. The van der Waals surface area contributed by atoms with Crippen LogP contribution < -0.4 is 5.32 Å².